The van der Waals surface area contributed by atoms with Crippen molar-refractivity contribution in [3.63, 3.8) is 0 Å². The highest BCUT2D eigenvalue weighted by atomic mass is 19.4. The lowest BCUT2D eigenvalue weighted by atomic mass is 10.2. The maximum absolute atomic E-state index is 13.1. The molecule has 7 nitrogen and oxygen atoms in total. The quantitative estimate of drug-likeness (QED) is 0.769. The number of nitrogens with zero attached hydrogens (tertiary/aromatic N) is 6. The number of nitrogens with one attached hydrogen (secondary N) is 1. The number of rotatable bonds is 4. The van der Waals surface area contributed by atoms with Gasteiger partial charge in [-0.2, -0.15) is 28.5 Å². The Hall–Kier alpha value is -3.35. The van der Waals surface area contributed by atoms with Crippen molar-refractivity contribution in [3.05, 3.63) is 36.2 Å². The lowest BCUT2D eigenvalue weighted by molar-refractivity contribution is -0.137. The van der Waals surface area contributed by atoms with E-state index in [-0.39, 0.29) is 18.3 Å². The van der Waals surface area contributed by atoms with Crippen LogP contribution in [0.2, 0.25) is 0 Å². The molecule has 0 amide bonds. The van der Waals surface area contributed by atoms with E-state index in [1.807, 2.05) is 6.07 Å². The van der Waals surface area contributed by atoms with E-state index < -0.39 is 11.7 Å². The highest BCUT2D eigenvalue weighted by Gasteiger charge is 2.35. The van der Waals surface area contributed by atoms with Gasteiger partial charge in [-0.3, -0.25) is 4.68 Å². The summed E-state index contributed by atoms with van der Waals surface area (Å²) in [5, 5.41) is 16.6. The molecule has 0 saturated heterocycles. The van der Waals surface area contributed by atoms with Crippen LogP contribution in [0.4, 0.5) is 30.6 Å². The van der Waals surface area contributed by atoms with Gasteiger partial charge in [-0.15, -0.1) is 0 Å². The van der Waals surface area contributed by atoms with Crippen molar-refractivity contribution >= 4 is 28.4 Å². The number of anilines is 3. The molecule has 0 atom stereocenters. The third-order valence-corrected chi connectivity index (χ3v) is 3.65. The zero-order valence-electron chi connectivity index (χ0n) is 13.9. The molecule has 0 unspecified atom stereocenters. The van der Waals surface area contributed by atoms with Gasteiger partial charge < -0.3 is 10.2 Å². The van der Waals surface area contributed by atoms with Gasteiger partial charge in [0, 0.05) is 25.7 Å². The fourth-order valence-corrected chi connectivity index (χ4v) is 2.50. The molecule has 0 bridgehead atoms. The SMILES string of the molecule is CN(C)c1nc(Nc2cccc3c2cnn3CC#N)ncc1C(F)(F)F. The molecular formula is C16H14F3N7. The molecule has 10 heteroatoms. The molecule has 0 radical (unpaired) electrons. The summed E-state index contributed by atoms with van der Waals surface area (Å²) in [5.41, 5.74) is 0.389. The highest BCUT2D eigenvalue weighted by Crippen LogP contribution is 2.35. The molecule has 1 N–H and O–H groups in total. The van der Waals surface area contributed by atoms with E-state index in [9.17, 15) is 13.2 Å². The van der Waals surface area contributed by atoms with E-state index in [0.717, 1.165) is 11.7 Å². The van der Waals surface area contributed by atoms with Crippen LogP contribution in [-0.4, -0.2) is 33.8 Å². The molecule has 0 saturated carbocycles. The average Bonchev–Trinajstić information content (AvgIpc) is 2.98. The molecule has 0 fully saturated rings. The smallest absolute Gasteiger partial charge is 0.362 e. The summed E-state index contributed by atoms with van der Waals surface area (Å²) in [7, 11) is 2.96. The highest BCUT2D eigenvalue weighted by molar-refractivity contribution is 5.92. The van der Waals surface area contributed by atoms with Gasteiger partial charge in [0.25, 0.3) is 0 Å². The first-order chi connectivity index (χ1) is 12.3. The van der Waals surface area contributed by atoms with Crippen LogP contribution in [0.15, 0.2) is 30.6 Å². The fourth-order valence-electron chi connectivity index (χ4n) is 2.50. The molecule has 1 aromatic carbocycles. The molecule has 0 aliphatic rings. The van der Waals surface area contributed by atoms with E-state index in [2.05, 4.69) is 20.4 Å². The molecule has 0 aliphatic heterocycles. The molecule has 134 valence electrons. The number of halogens is 3. The summed E-state index contributed by atoms with van der Waals surface area (Å²) in [5.74, 6) is -0.204. The van der Waals surface area contributed by atoms with Crippen LogP contribution in [0, 0.1) is 11.3 Å². The zero-order valence-corrected chi connectivity index (χ0v) is 13.9. The Kier molecular flexibility index (Phi) is 4.38. The lowest BCUT2D eigenvalue weighted by Crippen LogP contribution is -2.19. The summed E-state index contributed by atoms with van der Waals surface area (Å²) in [6, 6.07) is 7.29. The van der Waals surface area contributed by atoms with E-state index in [1.54, 1.807) is 24.4 Å². The molecule has 0 aliphatic carbocycles. The maximum atomic E-state index is 13.1. The molecule has 26 heavy (non-hydrogen) atoms. The van der Waals surface area contributed by atoms with Crippen molar-refractivity contribution in [1.82, 2.24) is 19.7 Å². The van der Waals surface area contributed by atoms with Crippen LogP contribution in [0.3, 0.4) is 0 Å². The first kappa shape index (κ1) is 17.5. The molecular weight excluding hydrogens is 347 g/mol. The average molecular weight is 361 g/mol. The largest absolute Gasteiger partial charge is 0.421 e. The number of benzene rings is 1. The Balaban J connectivity index is 2.01. The summed E-state index contributed by atoms with van der Waals surface area (Å²) in [6.45, 7) is 0.0918. The van der Waals surface area contributed by atoms with Gasteiger partial charge in [0.05, 0.1) is 23.5 Å². The third kappa shape index (κ3) is 3.23. The summed E-state index contributed by atoms with van der Waals surface area (Å²) >= 11 is 0. The Morgan fingerprint density at radius 1 is 1.27 bits per heavy atom. The monoisotopic (exact) mass is 361 g/mol. The van der Waals surface area contributed by atoms with E-state index >= 15 is 0 Å². The minimum Gasteiger partial charge on any atom is -0.362 e. The number of fused-ring (bicyclic) bond motifs is 1. The first-order valence-electron chi connectivity index (χ1n) is 7.51. The van der Waals surface area contributed by atoms with E-state index in [4.69, 9.17) is 5.26 Å². The maximum Gasteiger partial charge on any atom is 0.421 e. The second-order valence-corrected chi connectivity index (χ2v) is 5.65. The van der Waals surface area contributed by atoms with Crippen LogP contribution < -0.4 is 10.2 Å². The Morgan fingerprint density at radius 3 is 2.69 bits per heavy atom. The molecule has 3 aromatic rings. The first-order valence-corrected chi connectivity index (χ1v) is 7.51. The fraction of sp³-hybridized carbons (Fsp3) is 0.250. The molecule has 0 spiro atoms. The van der Waals surface area contributed by atoms with Crippen molar-refractivity contribution in [3.8, 4) is 6.07 Å². The van der Waals surface area contributed by atoms with Crippen molar-refractivity contribution in [2.24, 2.45) is 0 Å². The standard InChI is InChI=1S/C16H14F3N7/c1-25(2)14-11(16(17,18)19)9-21-15(24-14)23-12-4-3-5-13-10(12)8-22-26(13)7-6-20/h3-5,8-9H,7H2,1-2H3,(H,21,23,24). The molecule has 2 aromatic heterocycles. The summed E-state index contributed by atoms with van der Waals surface area (Å²) in [4.78, 5) is 9.05. The Labute approximate surface area is 146 Å². The van der Waals surface area contributed by atoms with E-state index in [1.165, 1.54) is 23.7 Å². The predicted octanol–water partition coefficient (Wildman–Crippen LogP) is 3.18. The second kappa shape index (κ2) is 6.51. The third-order valence-electron chi connectivity index (χ3n) is 3.65. The number of aromatic nitrogens is 4. The summed E-state index contributed by atoms with van der Waals surface area (Å²) in [6.07, 6.45) is -2.22. The Morgan fingerprint density at radius 2 is 2.04 bits per heavy atom. The minimum atomic E-state index is -4.55. The van der Waals surface area contributed by atoms with Crippen LogP contribution in [0.25, 0.3) is 10.9 Å². The van der Waals surface area contributed by atoms with Crippen LogP contribution in [-0.2, 0) is 12.7 Å². The van der Waals surface area contributed by atoms with Crippen molar-refractivity contribution < 1.29 is 13.2 Å². The normalized spacial score (nSPS) is 11.4. The van der Waals surface area contributed by atoms with Crippen molar-refractivity contribution in [2.45, 2.75) is 12.7 Å². The van der Waals surface area contributed by atoms with Gasteiger partial charge >= 0.3 is 6.18 Å². The van der Waals surface area contributed by atoms with Gasteiger partial charge in [0.15, 0.2) is 0 Å². The predicted molar refractivity (Wildman–Crippen MR) is 90.0 cm³/mol. The van der Waals surface area contributed by atoms with Gasteiger partial charge in [-0.25, -0.2) is 4.98 Å². The summed E-state index contributed by atoms with van der Waals surface area (Å²) < 4.78 is 40.8. The van der Waals surface area contributed by atoms with Crippen molar-refractivity contribution in [2.75, 3.05) is 24.3 Å². The van der Waals surface area contributed by atoms with Gasteiger partial charge in [-0.1, -0.05) is 6.07 Å². The number of nitriles is 1. The van der Waals surface area contributed by atoms with Crippen LogP contribution in [0.5, 0.6) is 0 Å². The van der Waals surface area contributed by atoms with Gasteiger partial charge in [0.1, 0.15) is 17.9 Å². The minimum absolute atomic E-state index is 0.0298. The van der Waals surface area contributed by atoms with Crippen molar-refractivity contribution in [1.29, 1.82) is 5.26 Å². The van der Waals surface area contributed by atoms with Gasteiger partial charge in [0.2, 0.25) is 5.95 Å². The van der Waals surface area contributed by atoms with Gasteiger partial charge in [-0.05, 0) is 12.1 Å². The van der Waals surface area contributed by atoms with E-state index in [0.29, 0.717) is 11.1 Å². The second-order valence-electron chi connectivity index (χ2n) is 5.65. The Bertz CT molecular complexity index is 986. The van der Waals surface area contributed by atoms with Crippen LogP contribution in [0.1, 0.15) is 5.56 Å². The lowest BCUT2D eigenvalue weighted by Gasteiger charge is -2.18. The number of hydrogen-bond donors (Lipinski definition) is 1. The number of hydrogen-bond acceptors (Lipinski definition) is 6. The molecule has 3 rings (SSSR count). The topological polar surface area (TPSA) is 82.7 Å². The number of alkyl halides is 3. The zero-order chi connectivity index (χ0) is 18.9. The molecule has 2 heterocycles. The van der Waals surface area contributed by atoms with Crippen LogP contribution >= 0.6 is 0 Å².